The Bertz CT molecular complexity index is 1190. The fourth-order valence-electron chi connectivity index (χ4n) is 6.53. The summed E-state index contributed by atoms with van der Waals surface area (Å²) < 4.78 is 7.76. The lowest BCUT2D eigenvalue weighted by atomic mass is 9.85. The average Bonchev–Trinajstić information content (AvgIpc) is 3.61. The number of nitrogens with zero attached hydrogens (tertiary/aromatic N) is 5. The lowest BCUT2D eigenvalue weighted by Crippen LogP contribution is -2.45. The van der Waals surface area contributed by atoms with E-state index in [1.807, 2.05) is 53.0 Å². The molecule has 2 fully saturated rings. The Kier molecular flexibility index (Phi) is 8.40. The molecule has 8 heteroatoms. The van der Waals surface area contributed by atoms with Gasteiger partial charge < -0.3 is 19.4 Å². The van der Waals surface area contributed by atoms with Crippen LogP contribution in [0.1, 0.15) is 50.2 Å². The van der Waals surface area contributed by atoms with Gasteiger partial charge in [0.05, 0.1) is 13.2 Å². The summed E-state index contributed by atoms with van der Waals surface area (Å²) in [6.45, 7) is 9.47. The number of carbonyl (C=O) groups is 2. The van der Waals surface area contributed by atoms with Crippen molar-refractivity contribution in [3.05, 3.63) is 53.9 Å². The van der Waals surface area contributed by atoms with Crippen molar-refractivity contribution in [2.24, 2.45) is 13.0 Å². The van der Waals surface area contributed by atoms with E-state index in [1.165, 1.54) is 11.1 Å². The maximum Gasteiger partial charge on any atom is 0.319 e. The number of aryl methyl sites for hydroxylation is 1. The zero-order valence-corrected chi connectivity index (χ0v) is 24.0. The highest BCUT2D eigenvalue weighted by Crippen LogP contribution is 2.40. The zero-order valence-electron chi connectivity index (χ0n) is 24.0. The smallest absolute Gasteiger partial charge is 0.319 e. The number of ether oxygens (including phenoxy) is 1. The van der Waals surface area contributed by atoms with Crippen LogP contribution in [0, 0.1) is 5.92 Å². The number of anilines is 1. The van der Waals surface area contributed by atoms with Crippen LogP contribution in [-0.4, -0.2) is 85.6 Å². The molecule has 0 saturated carbocycles. The molecule has 1 aromatic carbocycles. The SMILES string of the molecule is CCCCN(C(=O)CN1C[C@H](c2ccc3c(c2)CCO3)[C@@H](C)[C@@H]1CCN1CCN(C)C1=O)c1ccc[n+](C)c1. The Labute approximate surface area is 233 Å². The standard InChI is InChI=1S/C31H44N5O3/c1-5-6-14-36(26-8-7-13-32(3)20-26)30(37)22-35-21-27(24-9-10-29-25(19-24)12-18-39-29)23(2)28(35)11-15-34-17-16-33(4)31(34)38/h7-10,13,19-20,23,27-28H,5-6,11-12,14-18,21-22H2,1-4H3/q+1/t23-,27+,28+/m1/s1. The first kappa shape index (κ1) is 27.4. The molecule has 2 saturated heterocycles. The molecule has 3 aliphatic rings. The molecule has 0 spiro atoms. The van der Waals surface area contributed by atoms with Crippen molar-refractivity contribution in [2.75, 3.05) is 57.8 Å². The van der Waals surface area contributed by atoms with Gasteiger partial charge in [-0.25, -0.2) is 9.36 Å². The molecule has 1 aromatic heterocycles. The second-order valence-electron chi connectivity index (χ2n) is 11.5. The summed E-state index contributed by atoms with van der Waals surface area (Å²) in [5.74, 6) is 1.86. The van der Waals surface area contributed by atoms with Gasteiger partial charge in [-0.2, -0.15) is 0 Å². The molecule has 3 amide bonds. The zero-order chi connectivity index (χ0) is 27.5. The fraction of sp³-hybridized carbons (Fsp3) is 0.581. The minimum atomic E-state index is 0.112. The van der Waals surface area contributed by atoms with Crippen molar-refractivity contribution >= 4 is 17.6 Å². The number of rotatable bonds is 10. The topological polar surface area (TPSA) is 60.2 Å². The van der Waals surface area contributed by atoms with Crippen LogP contribution in [0.3, 0.4) is 0 Å². The Morgan fingerprint density at radius 3 is 2.82 bits per heavy atom. The molecule has 2 aromatic rings. The number of amides is 3. The van der Waals surface area contributed by atoms with Gasteiger partial charge >= 0.3 is 6.03 Å². The fourth-order valence-corrected chi connectivity index (χ4v) is 6.53. The first-order valence-corrected chi connectivity index (χ1v) is 14.6. The van der Waals surface area contributed by atoms with Crippen LogP contribution in [-0.2, 0) is 18.3 Å². The summed E-state index contributed by atoms with van der Waals surface area (Å²) in [6, 6.07) is 11.0. The maximum atomic E-state index is 13.9. The molecule has 0 aliphatic carbocycles. The third-order valence-corrected chi connectivity index (χ3v) is 8.89. The summed E-state index contributed by atoms with van der Waals surface area (Å²) in [5, 5.41) is 0. The molecular formula is C31H44N5O3+. The number of hydrogen-bond donors (Lipinski definition) is 0. The van der Waals surface area contributed by atoms with Gasteiger partial charge in [0, 0.05) is 64.2 Å². The number of aromatic nitrogens is 1. The third-order valence-electron chi connectivity index (χ3n) is 8.89. The highest BCUT2D eigenvalue weighted by Gasteiger charge is 2.41. The Morgan fingerprint density at radius 2 is 2.08 bits per heavy atom. The third kappa shape index (κ3) is 5.91. The number of unbranched alkanes of at least 4 members (excludes halogenated alkanes) is 1. The molecule has 0 bridgehead atoms. The lowest BCUT2D eigenvalue weighted by molar-refractivity contribution is -0.670. The van der Waals surface area contributed by atoms with Gasteiger partial charge in [-0.3, -0.25) is 9.69 Å². The second-order valence-corrected chi connectivity index (χ2v) is 11.5. The Balaban J connectivity index is 1.37. The molecule has 5 rings (SSSR count). The molecule has 0 unspecified atom stereocenters. The van der Waals surface area contributed by atoms with Crippen molar-refractivity contribution in [3.8, 4) is 5.75 Å². The number of fused-ring (bicyclic) bond motifs is 1. The molecule has 3 aliphatic heterocycles. The van der Waals surface area contributed by atoms with E-state index in [-0.39, 0.29) is 18.0 Å². The second kappa shape index (κ2) is 11.9. The first-order valence-electron chi connectivity index (χ1n) is 14.6. The van der Waals surface area contributed by atoms with E-state index >= 15 is 0 Å². The van der Waals surface area contributed by atoms with Crippen LogP contribution in [0.15, 0.2) is 42.7 Å². The molecule has 8 nitrogen and oxygen atoms in total. The summed E-state index contributed by atoms with van der Waals surface area (Å²) in [5.41, 5.74) is 3.57. The van der Waals surface area contributed by atoms with Crippen molar-refractivity contribution in [3.63, 3.8) is 0 Å². The van der Waals surface area contributed by atoms with Crippen LogP contribution in [0.5, 0.6) is 5.75 Å². The van der Waals surface area contributed by atoms with Gasteiger partial charge in [0.25, 0.3) is 0 Å². The normalized spacial score (nSPS) is 22.9. The van der Waals surface area contributed by atoms with E-state index in [1.54, 1.807) is 4.90 Å². The number of carbonyl (C=O) groups excluding carboxylic acids is 2. The van der Waals surface area contributed by atoms with E-state index in [4.69, 9.17) is 4.74 Å². The van der Waals surface area contributed by atoms with Crippen molar-refractivity contribution < 1.29 is 18.9 Å². The Morgan fingerprint density at radius 1 is 1.23 bits per heavy atom. The number of benzene rings is 1. The van der Waals surface area contributed by atoms with Gasteiger partial charge in [0.15, 0.2) is 12.4 Å². The molecule has 210 valence electrons. The number of pyridine rings is 1. The summed E-state index contributed by atoms with van der Waals surface area (Å²) in [6.07, 6.45) is 7.86. The number of likely N-dealkylation sites (tertiary alicyclic amines) is 1. The molecule has 0 N–H and O–H groups in total. The van der Waals surface area contributed by atoms with Crippen LogP contribution in [0.4, 0.5) is 10.5 Å². The highest BCUT2D eigenvalue weighted by molar-refractivity contribution is 5.94. The minimum Gasteiger partial charge on any atom is -0.493 e. The minimum absolute atomic E-state index is 0.112. The van der Waals surface area contributed by atoms with E-state index in [9.17, 15) is 9.59 Å². The quantitative estimate of drug-likeness (QED) is 0.438. The van der Waals surface area contributed by atoms with E-state index < -0.39 is 0 Å². The molecule has 3 atom stereocenters. The molecule has 4 heterocycles. The van der Waals surface area contributed by atoms with Crippen LogP contribution in [0.25, 0.3) is 0 Å². The van der Waals surface area contributed by atoms with Crippen molar-refractivity contribution in [2.45, 2.75) is 51.5 Å². The van der Waals surface area contributed by atoms with E-state index in [2.05, 4.69) is 36.9 Å². The van der Waals surface area contributed by atoms with Crippen molar-refractivity contribution in [1.29, 1.82) is 0 Å². The number of likely N-dealkylation sites (N-methyl/N-ethyl adjacent to an activating group) is 1. The summed E-state index contributed by atoms with van der Waals surface area (Å²) >= 11 is 0. The van der Waals surface area contributed by atoms with Gasteiger partial charge in [-0.15, -0.1) is 0 Å². The number of hydrogen-bond acceptors (Lipinski definition) is 4. The predicted molar refractivity (Wildman–Crippen MR) is 152 cm³/mol. The van der Waals surface area contributed by atoms with Gasteiger partial charge in [-0.1, -0.05) is 32.4 Å². The summed E-state index contributed by atoms with van der Waals surface area (Å²) in [4.78, 5) is 34.6. The number of urea groups is 1. The monoisotopic (exact) mass is 534 g/mol. The van der Waals surface area contributed by atoms with E-state index in [0.717, 1.165) is 76.5 Å². The van der Waals surface area contributed by atoms with Crippen LogP contribution < -0.4 is 14.2 Å². The molecular weight excluding hydrogens is 490 g/mol. The van der Waals surface area contributed by atoms with Gasteiger partial charge in [0.1, 0.15) is 18.5 Å². The molecule has 39 heavy (non-hydrogen) atoms. The van der Waals surface area contributed by atoms with Gasteiger partial charge in [0.2, 0.25) is 5.91 Å². The first-order chi connectivity index (χ1) is 18.9. The lowest BCUT2D eigenvalue weighted by Gasteiger charge is -2.30. The van der Waals surface area contributed by atoms with Gasteiger partial charge in [-0.05, 0) is 42.0 Å². The Hall–Kier alpha value is -3.13. The predicted octanol–water partition coefficient (Wildman–Crippen LogP) is 3.44. The average molecular weight is 535 g/mol. The van der Waals surface area contributed by atoms with E-state index in [0.29, 0.717) is 18.4 Å². The molecule has 0 radical (unpaired) electrons. The highest BCUT2D eigenvalue weighted by atomic mass is 16.5. The van der Waals surface area contributed by atoms with Crippen LogP contribution in [0.2, 0.25) is 0 Å². The van der Waals surface area contributed by atoms with Crippen LogP contribution >= 0.6 is 0 Å². The maximum absolute atomic E-state index is 13.9. The summed E-state index contributed by atoms with van der Waals surface area (Å²) in [7, 11) is 3.86. The largest absolute Gasteiger partial charge is 0.493 e. The van der Waals surface area contributed by atoms with Crippen molar-refractivity contribution in [1.82, 2.24) is 14.7 Å².